The predicted octanol–water partition coefficient (Wildman–Crippen LogP) is 1.57. The number of halogens is 1. The van der Waals surface area contributed by atoms with E-state index in [1.807, 2.05) is 0 Å². The van der Waals surface area contributed by atoms with Crippen LogP contribution in [0.3, 0.4) is 0 Å². The number of aliphatic hydroxyl groups is 1. The van der Waals surface area contributed by atoms with E-state index in [0.717, 1.165) is 12.6 Å². The summed E-state index contributed by atoms with van der Waals surface area (Å²) in [6.07, 6.45) is 5.67. The second-order valence-electron chi connectivity index (χ2n) is 6.50. The van der Waals surface area contributed by atoms with Gasteiger partial charge in [-0.1, -0.05) is 6.58 Å². The van der Waals surface area contributed by atoms with Crippen molar-refractivity contribution in [1.82, 2.24) is 4.90 Å². The number of hydrogen-bond donors (Lipinski definition) is 2. The van der Waals surface area contributed by atoms with Crippen molar-refractivity contribution in [3.05, 3.63) is 23.1 Å². The molecule has 130 valence electrons. The number of ether oxygens (including phenoxy) is 2. The fourth-order valence-electron chi connectivity index (χ4n) is 2.65. The van der Waals surface area contributed by atoms with Gasteiger partial charge in [0.15, 0.2) is 6.23 Å². The molecule has 2 rings (SSSR count). The Kier molecular flexibility index (Phi) is 5.80. The molecule has 1 fully saturated rings. The molecule has 0 amide bonds. The topological polar surface area (TPSA) is 80.3 Å². The summed E-state index contributed by atoms with van der Waals surface area (Å²) in [6, 6.07) is 0. The zero-order chi connectivity index (χ0) is 17.4. The quantitative estimate of drug-likeness (QED) is 0.678. The van der Waals surface area contributed by atoms with E-state index >= 15 is 0 Å². The summed E-state index contributed by atoms with van der Waals surface area (Å²) in [4.78, 5) is 5.92. The van der Waals surface area contributed by atoms with Gasteiger partial charge in [-0.05, 0) is 41.8 Å². The summed E-state index contributed by atoms with van der Waals surface area (Å²) in [7, 11) is 1.56. The van der Waals surface area contributed by atoms with E-state index in [4.69, 9.17) is 15.2 Å². The summed E-state index contributed by atoms with van der Waals surface area (Å²) in [5.41, 5.74) is 5.77. The Morgan fingerprint density at radius 2 is 2.22 bits per heavy atom. The average molecular weight is 406 g/mol. The minimum atomic E-state index is -1.18. The lowest BCUT2D eigenvalue weighted by Gasteiger charge is -2.32. The van der Waals surface area contributed by atoms with E-state index in [2.05, 4.69) is 47.1 Å². The van der Waals surface area contributed by atoms with Crippen LogP contribution in [0.2, 0.25) is 0 Å². The molecule has 0 bridgehead atoms. The number of amidine groups is 1. The Morgan fingerprint density at radius 1 is 1.57 bits per heavy atom. The fourth-order valence-corrected chi connectivity index (χ4v) is 3.91. The number of rotatable bonds is 5. The standard InChI is InChI=1S/C15H25BrN3O3P/c1-9-18-14(17)10(16)8-19(9)15-13(21-2)12(20)11(22-15)6-7-23(3,4)5/h8,11-13,15,20H,1,3,6-7H2,2,4-5H3,(H2,17,18)/t11-,12-,13-,15-/m1/s1. The van der Waals surface area contributed by atoms with Crippen molar-refractivity contribution in [1.29, 1.82) is 0 Å². The molecule has 2 aliphatic rings. The van der Waals surface area contributed by atoms with E-state index in [-0.39, 0.29) is 6.10 Å². The number of nitrogens with zero attached hydrogens (tertiary/aromatic N) is 2. The van der Waals surface area contributed by atoms with Crippen LogP contribution >= 0.6 is 22.8 Å². The van der Waals surface area contributed by atoms with Crippen LogP contribution in [0, 0.1) is 0 Å². The summed E-state index contributed by atoms with van der Waals surface area (Å²) >= 11 is 3.36. The Labute approximate surface area is 146 Å². The fraction of sp³-hybridized carbons (Fsp3) is 0.600. The van der Waals surface area contributed by atoms with Crippen LogP contribution in [-0.2, 0) is 9.47 Å². The Morgan fingerprint density at radius 3 is 2.78 bits per heavy atom. The molecule has 0 unspecified atom stereocenters. The van der Waals surface area contributed by atoms with Crippen LogP contribution in [0.25, 0.3) is 0 Å². The predicted molar refractivity (Wildman–Crippen MR) is 100 cm³/mol. The third-order valence-electron chi connectivity index (χ3n) is 3.92. The highest BCUT2D eigenvalue weighted by Crippen LogP contribution is 2.39. The monoisotopic (exact) mass is 405 g/mol. The summed E-state index contributed by atoms with van der Waals surface area (Å²) < 4.78 is 12.2. The van der Waals surface area contributed by atoms with Crippen molar-refractivity contribution in [3.63, 3.8) is 0 Å². The summed E-state index contributed by atoms with van der Waals surface area (Å²) in [5, 5.41) is 10.5. The number of methoxy groups -OCH3 is 1. The van der Waals surface area contributed by atoms with Gasteiger partial charge in [0.2, 0.25) is 0 Å². The minimum absolute atomic E-state index is 0.297. The maximum absolute atomic E-state index is 10.5. The van der Waals surface area contributed by atoms with Gasteiger partial charge in [-0.2, -0.15) is 0 Å². The molecular weight excluding hydrogens is 381 g/mol. The van der Waals surface area contributed by atoms with Crippen molar-refractivity contribution in [2.75, 3.05) is 26.6 Å². The molecule has 2 heterocycles. The highest BCUT2D eigenvalue weighted by atomic mass is 79.9. The largest absolute Gasteiger partial charge is 0.388 e. The number of hydrogen-bond acceptors (Lipinski definition) is 6. The molecule has 0 radical (unpaired) electrons. The molecule has 2 aliphatic heterocycles. The van der Waals surface area contributed by atoms with Crippen molar-refractivity contribution in [2.24, 2.45) is 10.7 Å². The van der Waals surface area contributed by atoms with Gasteiger partial charge < -0.3 is 25.2 Å². The van der Waals surface area contributed by atoms with Crippen LogP contribution in [0.5, 0.6) is 0 Å². The molecule has 0 saturated carbocycles. The highest BCUT2D eigenvalue weighted by molar-refractivity contribution is 9.12. The van der Waals surface area contributed by atoms with Gasteiger partial charge in [-0.3, -0.25) is 0 Å². The number of nitrogens with two attached hydrogens (primary N) is 1. The lowest BCUT2D eigenvalue weighted by Crippen LogP contribution is -2.43. The lowest BCUT2D eigenvalue weighted by atomic mass is 10.1. The highest BCUT2D eigenvalue weighted by Gasteiger charge is 2.47. The van der Waals surface area contributed by atoms with Crippen molar-refractivity contribution < 1.29 is 14.6 Å². The van der Waals surface area contributed by atoms with Gasteiger partial charge in [-0.25, -0.2) is 4.99 Å². The molecule has 23 heavy (non-hydrogen) atoms. The molecule has 3 N–H and O–H groups in total. The molecule has 6 nitrogen and oxygen atoms in total. The molecular formula is C15H25BrN3O3P. The summed E-state index contributed by atoms with van der Waals surface area (Å²) in [5.74, 6) is 0.814. The molecule has 8 heteroatoms. The molecule has 0 spiro atoms. The van der Waals surface area contributed by atoms with Crippen LogP contribution in [0.1, 0.15) is 6.42 Å². The van der Waals surface area contributed by atoms with E-state index in [9.17, 15) is 5.11 Å². The zero-order valence-corrected chi connectivity index (χ0v) is 16.3. The zero-order valence-electron chi connectivity index (χ0n) is 13.8. The molecule has 0 aromatic carbocycles. The third-order valence-corrected chi connectivity index (χ3v) is 6.00. The average Bonchev–Trinajstić information content (AvgIpc) is 2.76. The van der Waals surface area contributed by atoms with Crippen LogP contribution < -0.4 is 5.73 Å². The van der Waals surface area contributed by atoms with Gasteiger partial charge in [0.25, 0.3) is 0 Å². The lowest BCUT2D eigenvalue weighted by molar-refractivity contribution is -0.0698. The second kappa shape index (κ2) is 7.11. The summed E-state index contributed by atoms with van der Waals surface area (Å²) in [6.45, 7) is 7.06. The Hall–Kier alpha value is -0.590. The first-order valence-electron chi connectivity index (χ1n) is 7.37. The second-order valence-corrected chi connectivity index (χ2v) is 11.7. The van der Waals surface area contributed by atoms with Gasteiger partial charge in [0, 0.05) is 13.3 Å². The maximum atomic E-state index is 10.5. The van der Waals surface area contributed by atoms with E-state index < -0.39 is 25.3 Å². The number of aliphatic imine (C=N–C) groups is 1. The molecule has 4 atom stereocenters. The van der Waals surface area contributed by atoms with Crippen LogP contribution in [-0.4, -0.2) is 73.3 Å². The Bertz CT molecular complexity index is 587. The SMILES string of the molecule is C=C1N=C(N)C(Br)=CN1[C@@H]1O[C@H](CCP(=C)(C)C)[C@@H](O)[C@H]1OC. The maximum Gasteiger partial charge on any atom is 0.164 e. The van der Waals surface area contributed by atoms with Crippen molar-refractivity contribution >= 4 is 35.0 Å². The first kappa shape index (κ1) is 18.7. The minimum Gasteiger partial charge on any atom is -0.388 e. The van der Waals surface area contributed by atoms with Crippen LogP contribution in [0.15, 0.2) is 28.1 Å². The first-order chi connectivity index (χ1) is 10.6. The molecule has 1 saturated heterocycles. The third kappa shape index (κ3) is 4.28. The van der Waals surface area contributed by atoms with Gasteiger partial charge in [-0.15, -0.1) is 13.2 Å². The van der Waals surface area contributed by atoms with Crippen molar-refractivity contribution in [3.8, 4) is 0 Å². The molecule has 0 aromatic heterocycles. The smallest absolute Gasteiger partial charge is 0.164 e. The van der Waals surface area contributed by atoms with Crippen LogP contribution in [0.4, 0.5) is 0 Å². The van der Waals surface area contributed by atoms with Gasteiger partial charge in [0.05, 0.1) is 10.6 Å². The van der Waals surface area contributed by atoms with Crippen molar-refractivity contribution in [2.45, 2.75) is 31.0 Å². The molecule has 0 aromatic rings. The number of aliphatic hydroxyl groups excluding tert-OH is 1. The normalized spacial score (nSPS) is 32.0. The van der Waals surface area contributed by atoms with E-state index in [1.54, 1.807) is 18.2 Å². The van der Waals surface area contributed by atoms with E-state index in [0.29, 0.717) is 16.1 Å². The Balaban J connectivity index is 2.16. The van der Waals surface area contributed by atoms with Gasteiger partial charge in [0.1, 0.15) is 23.9 Å². The van der Waals surface area contributed by atoms with Gasteiger partial charge >= 0.3 is 0 Å². The first-order valence-corrected chi connectivity index (χ1v) is 11.2. The molecule has 0 aliphatic carbocycles. The van der Waals surface area contributed by atoms with E-state index in [1.165, 1.54) is 0 Å².